The van der Waals surface area contributed by atoms with Crippen LogP contribution in [-0.2, 0) is 4.74 Å². The summed E-state index contributed by atoms with van der Waals surface area (Å²) in [5.41, 5.74) is 0. The van der Waals surface area contributed by atoms with Gasteiger partial charge in [0, 0.05) is 13.7 Å². The third-order valence-corrected chi connectivity index (χ3v) is 3.49. The zero-order valence-corrected chi connectivity index (χ0v) is 9.88. The molecule has 0 aromatic carbocycles. The SMILES string of the molecule is CCCC1CNCCC1C(C)COC. The summed E-state index contributed by atoms with van der Waals surface area (Å²) in [6, 6.07) is 0. The first-order valence-corrected chi connectivity index (χ1v) is 5.99. The molecule has 1 aliphatic heterocycles. The number of hydrogen-bond acceptors (Lipinski definition) is 2. The summed E-state index contributed by atoms with van der Waals surface area (Å²) in [4.78, 5) is 0. The molecular formula is C12H25NO. The van der Waals surface area contributed by atoms with Gasteiger partial charge in [-0.3, -0.25) is 0 Å². The highest BCUT2D eigenvalue weighted by atomic mass is 16.5. The third kappa shape index (κ3) is 3.25. The van der Waals surface area contributed by atoms with Gasteiger partial charge in [0.1, 0.15) is 0 Å². The maximum absolute atomic E-state index is 5.26. The summed E-state index contributed by atoms with van der Waals surface area (Å²) in [5.74, 6) is 2.47. The molecule has 84 valence electrons. The van der Waals surface area contributed by atoms with Crippen LogP contribution in [0.3, 0.4) is 0 Å². The third-order valence-electron chi connectivity index (χ3n) is 3.49. The fraction of sp³-hybridized carbons (Fsp3) is 1.00. The minimum atomic E-state index is 0.721. The summed E-state index contributed by atoms with van der Waals surface area (Å²) in [6.07, 6.45) is 4.00. The molecule has 0 saturated carbocycles. The Labute approximate surface area is 88.4 Å². The molecule has 0 radical (unpaired) electrons. The van der Waals surface area contributed by atoms with Gasteiger partial charge in [-0.15, -0.1) is 0 Å². The van der Waals surface area contributed by atoms with Crippen LogP contribution in [0.5, 0.6) is 0 Å². The fourth-order valence-electron chi connectivity index (χ4n) is 2.77. The molecule has 2 nitrogen and oxygen atoms in total. The van der Waals surface area contributed by atoms with Crippen LogP contribution >= 0.6 is 0 Å². The van der Waals surface area contributed by atoms with Crippen LogP contribution in [-0.4, -0.2) is 26.8 Å². The lowest BCUT2D eigenvalue weighted by atomic mass is 9.76. The lowest BCUT2D eigenvalue weighted by Gasteiger charge is -2.36. The predicted octanol–water partition coefficient (Wildman–Crippen LogP) is 2.29. The first-order chi connectivity index (χ1) is 6.79. The van der Waals surface area contributed by atoms with Crippen LogP contribution in [0.25, 0.3) is 0 Å². The quantitative estimate of drug-likeness (QED) is 0.733. The minimum absolute atomic E-state index is 0.721. The molecular weight excluding hydrogens is 174 g/mol. The van der Waals surface area contributed by atoms with Crippen LogP contribution in [0.2, 0.25) is 0 Å². The van der Waals surface area contributed by atoms with E-state index in [0.29, 0.717) is 0 Å². The molecule has 0 bridgehead atoms. The van der Waals surface area contributed by atoms with Crippen molar-refractivity contribution in [2.45, 2.75) is 33.1 Å². The summed E-state index contributed by atoms with van der Waals surface area (Å²) in [6.45, 7) is 7.95. The lowest BCUT2D eigenvalue weighted by molar-refractivity contribution is 0.0863. The predicted molar refractivity (Wildman–Crippen MR) is 60.4 cm³/mol. The average molecular weight is 199 g/mol. The second kappa shape index (κ2) is 6.41. The highest BCUT2D eigenvalue weighted by molar-refractivity contribution is 4.81. The van der Waals surface area contributed by atoms with E-state index in [0.717, 1.165) is 24.4 Å². The first kappa shape index (κ1) is 12.0. The van der Waals surface area contributed by atoms with Gasteiger partial charge >= 0.3 is 0 Å². The molecule has 2 heteroatoms. The Hall–Kier alpha value is -0.0800. The Morgan fingerprint density at radius 3 is 2.93 bits per heavy atom. The van der Waals surface area contributed by atoms with Gasteiger partial charge in [0.05, 0.1) is 0 Å². The van der Waals surface area contributed by atoms with Crippen molar-refractivity contribution in [2.24, 2.45) is 17.8 Å². The molecule has 0 spiro atoms. The van der Waals surface area contributed by atoms with Crippen molar-refractivity contribution < 1.29 is 4.74 Å². The van der Waals surface area contributed by atoms with Crippen molar-refractivity contribution >= 4 is 0 Å². The molecule has 1 aliphatic rings. The average Bonchev–Trinajstić information content (AvgIpc) is 2.19. The van der Waals surface area contributed by atoms with Crippen LogP contribution < -0.4 is 5.32 Å². The van der Waals surface area contributed by atoms with E-state index < -0.39 is 0 Å². The molecule has 1 rings (SSSR count). The second-order valence-electron chi connectivity index (χ2n) is 4.64. The molecule has 1 fully saturated rings. The second-order valence-corrected chi connectivity index (χ2v) is 4.64. The van der Waals surface area contributed by atoms with Crippen LogP contribution in [0.1, 0.15) is 33.1 Å². The Morgan fingerprint density at radius 2 is 2.29 bits per heavy atom. The van der Waals surface area contributed by atoms with Crippen molar-refractivity contribution in [3.05, 3.63) is 0 Å². The van der Waals surface area contributed by atoms with Gasteiger partial charge in [0.25, 0.3) is 0 Å². The van der Waals surface area contributed by atoms with E-state index in [1.807, 2.05) is 7.11 Å². The van der Waals surface area contributed by atoms with Crippen molar-refractivity contribution in [3.8, 4) is 0 Å². The van der Waals surface area contributed by atoms with Gasteiger partial charge in [-0.1, -0.05) is 20.3 Å². The van der Waals surface area contributed by atoms with Crippen molar-refractivity contribution in [1.29, 1.82) is 0 Å². The van der Waals surface area contributed by atoms with E-state index in [2.05, 4.69) is 19.2 Å². The molecule has 0 aromatic heterocycles. The topological polar surface area (TPSA) is 21.3 Å². The zero-order chi connectivity index (χ0) is 10.4. The molecule has 0 aromatic rings. The number of rotatable bonds is 5. The summed E-state index contributed by atoms with van der Waals surface area (Å²) in [7, 11) is 1.81. The van der Waals surface area contributed by atoms with Crippen molar-refractivity contribution in [2.75, 3.05) is 26.8 Å². The lowest BCUT2D eigenvalue weighted by Crippen LogP contribution is -2.40. The Kier molecular flexibility index (Phi) is 5.49. The van der Waals surface area contributed by atoms with E-state index in [9.17, 15) is 0 Å². The van der Waals surface area contributed by atoms with Gasteiger partial charge < -0.3 is 10.1 Å². The molecule has 1 saturated heterocycles. The number of nitrogens with one attached hydrogen (secondary N) is 1. The number of ether oxygens (including phenoxy) is 1. The fourth-order valence-corrected chi connectivity index (χ4v) is 2.77. The molecule has 1 N–H and O–H groups in total. The zero-order valence-electron chi connectivity index (χ0n) is 9.88. The maximum Gasteiger partial charge on any atom is 0.0490 e. The minimum Gasteiger partial charge on any atom is -0.384 e. The molecule has 3 unspecified atom stereocenters. The maximum atomic E-state index is 5.26. The van der Waals surface area contributed by atoms with E-state index in [-0.39, 0.29) is 0 Å². The van der Waals surface area contributed by atoms with Gasteiger partial charge in [-0.2, -0.15) is 0 Å². The van der Waals surface area contributed by atoms with Gasteiger partial charge in [-0.25, -0.2) is 0 Å². The summed E-state index contributed by atoms with van der Waals surface area (Å²) in [5, 5.41) is 3.51. The molecule has 0 aliphatic carbocycles. The number of methoxy groups -OCH3 is 1. The van der Waals surface area contributed by atoms with Crippen LogP contribution in [0, 0.1) is 17.8 Å². The highest BCUT2D eigenvalue weighted by Gasteiger charge is 2.28. The Balaban J connectivity index is 2.44. The number of piperidine rings is 1. The van der Waals surface area contributed by atoms with E-state index >= 15 is 0 Å². The summed E-state index contributed by atoms with van der Waals surface area (Å²) < 4.78 is 5.26. The largest absolute Gasteiger partial charge is 0.384 e. The van der Waals surface area contributed by atoms with Crippen LogP contribution in [0.4, 0.5) is 0 Å². The van der Waals surface area contributed by atoms with E-state index in [4.69, 9.17) is 4.74 Å². The smallest absolute Gasteiger partial charge is 0.0490 e. The van der Waals surface area contributed by atoms with Crippen LogP contribution in [0.15, 0.2) is 0 Å². The van der Waals surface area contributed by atoms with Gasteiger partial charge in [0.2, 0.25) is 0 Å². The standard InChI is InChI=1S/C12H25NO/c1-4-5-11-8-13-7-6-12(11)10(2)9-14-3/h10-13H,4-9H2,1-3H3. The molecule has 1 heterocycles. The Morgan fingerprint density at radius 1 is 1.50 bits per heavy atom. The van der Waals surface area contributed by atoms with Crippen molar-refractivity contribution in [1.82, 2.24) is 5.32 Å². The highest BCUT2D eigenvalue weighted by Crippen LogP contribution is 2.30. The Bertz CT molecular complexity index is 147. The first-order valence-electron chi connectivity index (χ1n) is 5.99. The van der Waals surface area contributed by atoms with Gasteiger partial charge in [-0.05, 0) is 43.7 Å². The molecule has 3 atom stereocenters. The number of hydrogen-bond donors (Lipinski definition) is 1. The normalized spacial score (nSPS) is 30.2. The van der Waals surface area contributed by atoms with E-state index in [1.54, 1.807) is 0 Å². The van der Waals surface area contributed by atoms with Gasteiger partial charge in [0.15, 0.2) is 0 Å². The molecule has 14 heavy (non-hydrogen) atoms. The van der Waals surface area contributed by atoms with Crippen molar-refractivity contribution in [3.63, 3.8) is 0 Å². The monoisotopic (exact) mass is 199 g/mol. The summed E-state index contributed by atoms with van der Waals surface area (Å²) >= 11 is 0. The molecule has 0 amide bonds. The van der Waals surface area contributed by atoms with E-state index in [1.165, 1.54) is 32.4 Å².